The summed E-state index contributed by atoms with van der Waals surface area (Å²) >= 11 is 0. The normalized spacial score (nSPS) is 10.8. The van der Waals surface area contributed by atoms with Gasteiger partial charge in [-0.25, -0.2) is 0 Å². The van der Waals surface area contributed by atoms with E-state index in [4.69, 9.17) is 37.6 Å². The predicted octanol–water partition coefficient (Wildman–Crippen LogP) is -0.264. The van der Waals surface area contributed by atoms with E-state index in [1.165, 1.54) is 0 Å². The lowest BCUT2D eigenvalue weighted by molar-refractivity contribution is -1.92. The maximum absolute atomic E-state index is 8.60. The number of methoxy groups -OCH3 is 4. The van der Waals surface area contributed by atoms with E-state index >= 15 is 0 Å². The third kappa shape index (κ3) is 6.61. The summed E-state index contributed by atoms with van der Waals surface area (Å²) in [5.74, 6) is 2.84. The lowest BCUT2D eigenvalue weighted by Gasteiger charge is -2.11. The van der Waals surface area contributed by atoms with E-state index in [9.17, 15) is 0 Å². The van der Waals surface area contributed by atoms with Crippen LogP contribution in [0.4, 0.5) is 0 Å². The Morgan fingerprint density at radius 2 is 1.27 bits per heavy atom. The lowest BCUT2D eigenvalue weighted by Crippen LogP contribution is -2.58. The summed E-state index contributed by atoms with van der Waals surface area (Å²) in [5.41, 5.74) is 2.07. The van der Waals surface area contributed by atoms with Crippen molar-refractivity contribution in [2.75, 3.05) is 28.4 Å². The van der Waals surface area contributed by atoms with Crippen LogP contribution in [0, 0.1) is 10.2 Å². The second-order valence-electron chi connectivity index (χ2n) is 5.99. The van der Waals surface area contributed by atoms with Crippen LogP contribution in [0.1, 0.15) is 11.3 Å². The van der Waals surface area contributed by atoms with Crippen LogP contribution in [-0.2, 0) is 6.42 Å². The third-order valence-electron chi connectivity index (χ3n) is 4.11. The standard InChI is InChI=1S/C20H21NO4.ClHO4/c1-22-17-6-5-13(8-18(17)23-2)7-16-9-14-10-19(24-3)20(25-4)11-15(14)12-21-16;2-1(3,4)5/h5-6,8-12H,7H2,1-4H3;(H,2,3,4,5). The number of aromatic nitrogens is 1. The summed E-state index contributed by atoms with van der Waals surface area (Å²) in [6.07, 6.45) is 2.55. The van der Waals surface area contributed by atoms with E-state index in [1.54, 1.807) is 28.4 Å². The van der Waals surface area contributed by atoms with Crippen molar-refractivity contribution in [1.29, 1.82) is 0 Å². The van der Waals surface area contributed by atoms with Crippen LogP contribution in [0.2, 0.25) is 0 Å². The molecule has 0 aliphatic carbocycles. The van der Waals surface area contributed by atoms with Crippen molar-refractivity contribution in [1.82, 2.24) is 4.98 Å². The van der Waals surface area contributed by atoms with Crippen LogP contribution in [0.5, 0.6) is 23.0 Å². The Kier molecular flexibility index (Phi) is 8.04. The van der Waals surface area contributed by atoms with Crippen LogP contribution in [0.15, 0.2) is 42.6 Å². The molecule has 0 unspecified atom stereocenters. The van der Waals surface area contributed by atoms with Gasteiger partial charge in [-0.2, -0.15) is 14.0 Å². The molecule has 0 fully saturated rings. The highest BCUT2D eigenvalue weighted by atomic mass is 35.7. The fourth-order valence-corrected chi connectivity index (χ4v) is 2.81. The number of ether oxygens (including phenoxy) is 4. The quantitative estimate of drug-likeness (QED) is 0.549. The molecule has 9 nitrogen and oxygen atoms in total. The average Bonchev–Trinajstić information content (AvgIpc) is 2.71. The average molecular weight is 440 g/mol. The van der Waals surface area contributed by atoms with Crippen LogP contribution in [0.3, 0.4) is 0 Å². The number of rotatable bonds is 6. The number of nitrogens with zero attached hydrogens (tertiary/aromatic N) is 1. The van der Waals surface area contributed by atoms with E-state index < -0.39 is 10.2 Å². The molecule has 162 valence electrons. The van der Waals surface area contributed by atoms with E-state index in [0.29, 0.717) is 23.7 Å². The van der Waals surface area contributed by atoms with Crippen LogP contribution in [0.25, 0.3) is 10.8 Å². The number of benzene rings is 2. The fraction of sp³-hybridized carbons (Fsp3) is 0.250. The molecule has 0 bridgehead atoms. The summed E-state index contributed by atoms with van der Waals surface area (Å²) in [6.45, 7) is 0. The Labute approximate surface area is 175 Å². The second-order valence-corrected chi connectivity index (χ2v) is 6.78. The molecule has 3 rings (SSSR count). The molecule has 10 heteroatoms. The molecule has 0 aliphatic rings. The first-order chi connectivity index (χ1) is 14.2. The monoisotopic (exact) mass is 439 g/mol. The Balaban J connectivity index is 0.000000575. The molecule has 0 spiro atoms. The minimum atomic E-state index is -4.69. The van der Waals surface area contributed by atoms with Gasteiger partial charge in [0.2, 0.25) is 0 Å². The molecule has 0 saturated heterocycles. The van der Waals surface area contributed by atoms with Crippen molar-refractivity contribution in [3.8, 4) is 23.0 Å². The summed E-state index contributed by atoms with van der Waals surface area (Å²) in [6, 6.07) is 11.9. The van der Waals surface area contributed by atoms with Crippen molar-refractivity contribution < 1.29 is 47.8 Å². The number of hydrogen-bond donors (Lipinski definition) is 1. The molecule has 1 aromatic heterocycles. The van der Waals surface area contributed by atoms with E-state index in [-0.39, 0.29) is 0 Å². The Hall–Kier alpha value is -2.82. The first kappa shape index (κ1) is 23.5. The molecular formula is C20H22ClNO8. The molecule has 0 atom stereocenters. The molecule has 2 aromatic carbocycles. The number of fused-ring (bicyclic) bond motifs is 1. The molecule has 3 aromatic rings. The summed E-state index contributed by atoms with van der Waals surface area (Å²) < 4.78 is 54.1. The van der Waals surface area contributed by atoms with Crippen molar-refractivity contribution >= 4 is 10.8 Å². The minimum absolute atomic E-state index is 0.699. The van der Waals surface area contributed by atoms with Gasteiger partial charge in [0, 0.05) is 23.7 Å². The zero-order chi connectivity index (χ0) is 22.3. The summed E-state index contributed by atoms with van der Waals surface area (Å²) in [4.78, 5) is 4.56. The van der Waals surface area contributed by atoms with Crippen molar-refractivity contribution in [2.45, 2.75) is 6.42 Å². The first-order valence-electron chi connectivity index (χ1n) is 8.53. The molecule has 1 heterocycles. The fourth-order valence-electron chi connectivity index (χ4n) is 2.81. The van der Waals surface area contributed by atoms with Crippen molar-refractivity contribution in [3.63, 3.8) is 0 Å². The largest absolute Gasteiger partial charge is 0.493 e. The summed E-state index contributed by atoms with van der Waals surface area (Å²) in [7, 11) is 1.83. The smallest absolute Gasteiger partial charge is 0.161 e. The molecule has 0 aliphatic heterocycles. The van der Waals surface area contributed by atoms with Gasteiger partial charge in [-0.15, -0.1) is 0 Å². The van der Waals surface area contributed by atoms with Gasteiger partial charge >= 0.3 is 0 Å². The molecule has 0 radical (unpaired) electrons. The van der Waals surface area contributed by atoms with Crippen LogP contribution in [-0.4, -0.2) is 38.1 Å². The maximum Gasteiger partial charge on any atom is 0.161 e. The van der Waals surface area contributed by atoms with Gasteiger partial charge in [0.25, 0.3) is 0 Å². The Morgan fingerprint density at radius 3 is 1.80 bits per heavy atom. The molecular weight excluding hydrogens is 418 g/mol. The molecule has 0 saturated carbocycles. The molecule has 30 heavy (non-hydrogen) atoms. The summed E-state index contributed by atoms with van der Waals surface area (Å²) in [5, 5.41) is 2.07. The topological polar surface area (TPSA) is 139 Å². The number of hydrogen-bond acceptors (Lipinski definition) is 9. The minimum Gasteiger partial charge on any atom is -0.493 e. The zero-order valence-corrected chi connectivity index (χ0v) is 17.6. The Morgan fingerprint density at radius 1 is 0.767 bits per heavy atom. The van der Waals surface area contributed by atoms with Crippen LogP contribution < -0.4 is 32.9 Å². The van der Waals surface area contributed by atoms with Gasteiger partial charge in [-0.05, 0) is 41.3 Å². The van der Waals surface area contributed by atoms with Crippen LogP contribution >= 0.6 is 0 Å². The highest BCUT2D eigenvalue weighted by Gasteiger charge is 2.09. The molecule has 0 amide bonds. The number of halogens is 1. The molecule has 1 N–H and O–H groups in total. The van der Waals surface area contributed by atoms with Gasteiger partial charge < -0.3 is 18.9 Å². The zero-order valence-electron chi connectivity index (χ0n) is 16.9. The van der Waals surface area contributed by atoms with Gasteiger partial charge in [-0.1, -0.05) is 6.07 Å². The Bertz CT molecular complexity index is 984. The predicted molar refractivity (Wildman–Crippen MR) is 99.4 cm³/mol. The van der Waals surface area contributed by atoms with E-state index in [1.807, 2.05) is 36.5 Å². The highest BCUT2D eigenvalue weighted by Crippen LogP contribution is 2.33. The van der Waals surface area contributed by atoms with Crippen molar-refractivity contribution in [3.05, 3.63) is 53.9 Å². The first-order valence-corrected chi connectivity index (χ1v) is 9.79. The third-order valence-corrected chi connectivity index (χ3v) is 4.11. The lowest BCUT2D eigenvalue weighted by atomic mass is 10.1. The second kappa shape index (κ2) is 10.3. The van der Waals surface area contributed by atoms with Crippen molar-refractivity contribution in [2.24, 2.45) is 0 Å². The van der Waals surface area contributed by atoms with Gasteiger partial charge in [0.15, 0.2) is 23.0 Å². The van der Waals surface area contributed by atoms with E-state index in [2.05, 4.69) is 11.1 Å². The highest BCUT2D eigenvalue weighted by molar-refractivity contribution is 5.85. The van der Waals surface area contributed by atoms with E-state index in [0.717, 1.165) is 27.8 Å². The maximum atomic E-state index is 8.60. The number of pyridine rings is 1. The van der Waals surface area contributed by atoms with Gasteiger partial charge in [-0.3, -0.25) is 4.98 Å². The SMILES string of the molecule is COc1ccc(Cc2cc3cc(OC)c(OC)cc3cn2)cc1OC.[O-][Cl+3]([O-])([O-])O. The van der Waals surface area contributed by atoms with Gasteiger partial charge in [0.1, 0.15) is 0 Å². The van der Waals surface area contributed by atoms with Gasteiger partial charge in [0.05, 0.1) is 43.3 Å².